The van der Waals surface area contributed by atoms with Gasteiger partial charge in [0.2, 0.25) is 0 Å². The number of urea groups is 1. The van der Waals surface area contributed by atoms with Crippen LogP contribution in [0.4, 0.5) is 4.79 Å². The number of rotatable bonds is 3. The SMILES string of the molecule is O=C(N[C@@H]1C[C@@H]2CC[C@@H]1CN2C(=O)NC1CCC1)c1cc(Cl)cc(Cl)c1O. The lowest BCUT2D eigenvalue weighted by Gasteiger charge is -2.50. The number of halogens is 2. The second kappa shape index (κ2) is 7.40. The van der Waals surface area contributed by atoms with Gasteiger partial charge in [-0.2, -0.15) is 0 Å². The van der Waals surface area contributed by atoms with Crippen LogP contribution in [0.15, 0.2) is 12.1 Å². The number of benzene rings is 1. The fourth-order valence-corrected chi connectivity index (χ4v) is 4.83. The minimum Gasteiger partial charge on any atom is -0.506 e. The molecule has 1 aromatic carbocycles. The van der Waals surface area contributed by atoms with E-state index in [-0.39, 0.29) is 46.3 Å². The zero-order valence-corrected chi connectivity index (χ0v) is 16.4. The Labute approximate surface area is 168 Å². The number of piperidine rings is 2. The summed E-state index contributed by atoms with van der Waals surface area (Å²) in [6.07, 6.45) is 5.99. The monoisotopic (exact) mass is 411 g/mol. The molecule has 27 heavy (non-hydrogen) atoms. The first-order valence-corrected chi connectivity index (χ1v) is 10.2. The third-order valence-corrected chi connectivity index (χ3v) is 6.63. The summed E-state index contributed by atoms with van der Waals surface area (Å²) < 4.78 is 0. The van der Waals surface area contributed by atoms with Crippen molar-refractivity contribution in [1.82, 2.24) is 15.5 Å². The van der Waals surface area contributed by atoms with E-state index in [9.17, 15) is 14.7 Å². The highest BCUT2D eigenvalue weighted by molar-refractivity contribution is 6.36. The van der Waals surface area contributed by atoms with Gasteiger partial charge in [-0.15, -0.1) is 0 Å². The quantitative estimate of drug-likeness (QED) is 0.710. The van der Waals surface area contributed by atoms with E-state index in [4.69, 9.17) is 23.2 Å². The van der Waals surface area contributed by atoms with Crippen LogP contribution >= 0.6 is 23.2 Å². The molecule has 3 N–H and O–H groups in total. The van der Waals surface area contributed by atoms with Crippen LogP contribution in [0, 0.1) is 5.92 Å². The maximum Gasteiger partial charge on any atom is 0.317 e. The van der Waals surface area contributed by atoms with Crippen molar-refractivity contribution in [3.05, 3.63) is 27.7 Å². The molecule has 2 heterocycles. The van der Waals surface area contributed by atoms with Crippen LogP contribution in [0.1, 0.15) is 48.9 Å². The van der Waals surface area contributed by atoms with Gasteiger partial charge in [0.25, 0.3) is 5.91 Å². The number of hydrogen-bond acceptors (Lipinski definition) is 3. The molecule has 0 unspecified atom stereocenters. The second-order valence-electron chi connectivity index (χ2n) is 7.82. The van der Waals surface area contributed by atoms with Crippen LogP contribution in [-0.4, -0.2) is 46.6 Å². The van der Waals surface area contributed by atoms with Gasteiger partial charge in [-0.05, 0) is 56.6 Å². The van der Waals surface area contributed by atoms with Crippen molar-refractivity contribution >= 4 is 35.1 Å². The third kappa shape index (κ3) is 3.69. The molecule has 0 aromatic heterocycles. The molecule has 8 heteroatoms. The van der Waals surface area contributed by atoms with Crippen LogP contribution in [0.2, 0.25) is 10.0 Å². The van der Waals surface area contributed by atoms with Crippen molar-refractivity contribution in [3.8, 4) is 5.75 Å². The minimum atomic E-state index is -0.389. The summed E-state index contributed by atoms with van der Waals surface area (Å²) in [4.78, 5) is 27.1. The van der Waals surface area contributed by atoms with Gasteiger partial charge in [-0.1, -0.05) is 23.2 Å². The number of amides is 3. The molecular weight excluding hydrogens is 389 g/mol. The van der Waals surface area contributed by atoms with Gasteiger partial charge in [0, 0.05) is 29.7 Å². The van der Waals surface area contributed by atoms with E-state index >= 15 is 0 Å². The maximum absolute atomic E-state index is 12.6. The molecule has 2 bridgehead atoms. The summed E-state index contributed by atoms with van der Waals surface area (Å²) in [6, 6.07) is 3.27. The van der Waals surface area contributed by atoms with Crippen molar-refractivity contribution in [1.29, 1.82) is 0 Å². The van der Waals surface area contributed by atoms with Crippen molar-refractivity contribution in [2.24, 2.45) is 5.92 Å². The van der Waals surface area contributed by atoms with E-state index in [1.807, 2.05) is 4.90 Å². The lowest BCUT2D eigenvalue weighted by Crippen LogP contribution is -2.62. The number of carbonyl (C=O) groups excluding carboxylic acids is 2. The molecule has 4 fully saturated rings. The Morgan fingerprint density at radius 3 is 2.52 bits per heavy atom. The fourth-order valence-electron chi connectivity index (χ4n) is 4.34. The zero-order valence-electron chi connectivity index (χ0n) is 14.9. The fraction of sp³-hybridized carbons (Fsp3) is 0.579. The standard InChI is InChI=1S/C19H23Cl2N3O3/c20-11-6-14(17(25)15(21)7-11)18(26)23-16-8-13-5-4-10(16)9-24(13)19(27)22-12-2-1-3-12/h6-7,10,12-13,16,25H,1-5,8-9H2,(H,22,27)(H,23,26)/t10-,13+,16-/m1/s1. The Bertz CT molecular complexity index is 769. The first-order chi connectivity index (χ1) is 12.9. The number of fused-ring (bicyclic) bond motifs is 3. The Kier molecular flexibility index (Phi) is 5.12. The average Bonchev–Trinajstić information content (AvgIpc) is 2.61. The number of carbonyl (C=O) groups is 2. The molecule has 5 rings (SSSR count). The summed E-state index contributed by atoms with van der Waals surface area (Å²) in [5.74, 6) is -0.441. The second-order valence-corrected chi connectivity index (χ2v) is 8.66. The van der Waals surface area contributed by atoms with E-state index in [1.165, 1.54) is 18.6 Å². The predicted octanol–water partition coefficient (Wildman–Crippen LogP) is 3.54. The highest BCUT2D eigenvalue weighted by atomic mass is 35.5. The molecule has 2 aliphatic heterocycles. The molecule has 6 nitrogen and oxygen atoms in total. The van der Waals surface area contributed by atoms with Crippen molar-refractivity contribution in [2.45, 2.75) is 56.7 Å². The van der Waals surface area contributed by atoms with Crippen molar-refractivity contribution < 1.29 is 14.7 Å². The molecule has 1 aromatic rings. The molecule has 3 amide bonds. The van der Waals surface area contributed by atoms with E-state index in [0.29, 0.717) is 17.6 Å². The van der Waals surface area contributed by atoms with E-state index in [2.05, 4.69) is 10.6 Å². The molecule has 0 spiro atoms. The Morgan fingerprint density at radius 1 is 1.11 bits per heavy atom. The van der Waals surface area contributed by atoms with Crippen LogP contribution in [-0.2, 0) is 0 Å². The normalized spacial score (nSPS) is 27.2. The molecule has 4 aliphatic rings. The van der Waals surface area contributed by atoms with Crippen LogP contribution in [0.25, 0.3) is 0 Å². The number of nitrogens with zero attached hydrogens (tertiary/aromatic N) is 1. The van der Waals surface area contributed by atoms with Gasteiger partial charge in [-0.3, -0.25) is 4.79 Å². The molecule has 2 aliphatic carbocycles. The lowest BCUT2D eigenvalue weighted by molar-refractivity contribution is 0.0433. The maximum atomic E-state index is 12.6. The van der Waals surface area contributed by atoms with Crippen LogP contribution < -0.4 is 10.6 Å². The summed E-state index contributed by atoms with van der Waals surface area (Å²) in [7, 11) is 0. The molecule has 2 saturated carbocycles. The summed E-state index contributed by atoms with van der Waals surface area (Å²) in [5.41, 5.74) is 0.0773. The number of aromatic hydroxyl groups is 1. The van der Waals surface area contributed by atoms with E-state index in [0.717, 1.165) is 32.1 Å². The number of hydrogen-bond donors (Lipinski definition) is 3. The zero-order chi connectivity index (χ0) is 19.1. The highest BCUT2D eigenvalue weighted by Gasteiger charge is 2.43. The van der Waals surface area contributed by atoms with Gasteiger partial charge >= 0.3 is 6.03 Å². The van der Waals surface area contributed by atoms with E-state index in [1.54, 1.807) is 0 Å². The van der Waals surface area contributed by atoms with Gasteiger partial charge in [-0.25, -0.2) is 4.79 Å². The molecule has 0 radical (unpaired) electrons. The molecule has 2 saturated heterocycles. The number of phenols is 1. The molecule has 146 valence electrons. The first-order valence-electron chi connectivity index (χ1n) is 9.48. The minimum absolute atomic E-state index is 0.0263. The Hall–Kier alpha value is -1.66. The van der Waals surface area contributed by atoms with Crippen LogP contribution in [0.5, 0.6) is 5.75 Å². The van der Waals surface area contributed by atoms with Gasteiger partial charge < -0.3 is 20.6 Å². The first kappa shape index (κ1) is 18.7. The Balaban J connectivity index is 1.40. The van der Waals surface area contributed by atoms with Gasteiger partial charge in [0.15, 0.2) is 0 Å². The highest BCUT2D eigenvalue weighted by Crippen LogP contribution is 2.37. The average molecular weight is 412 g/mol. The van der Waals surface area contributed by atoms with E-state index < -0.39 is 0 Å². The Morgan fingerprint density at radius 2 is 1.89 bits per heavy atom. The predicted molar refractivity (Wildman–Crippen MR) is 103 cm³/mol. The van der Waals surface area contributed by atoms with Crippen molar-refractivity contribution in [3.63, 3.8) is 0 Å². The van der Waals surface area contributed by atoms with Gasteiger partial charge in [0.05, 0.1) is 10.6 Å². The largest absolute Gasteiger partial charge is 0.506 e. The topological polar surface area (TPSA) is 81.7 Å². The summed E-state index contributed by atoms with van der Waals surface area (Å²) in [6.45, 7) is 0.649. The van der Waals surface area contributed by atoms with Crippen LogP contribution in [0.3, 0.4) is 0 Å². The van der Waals surface area contributed by atoms with Gasteiger partial charge in [0.1, 0.15) is 5.75 Å². The smallest absolute Gasteiger partial charge is 0.317 e. The third-order valence-electron chi connectivity index (χ3n) is 6.12. The summed E-state index contributed by atoms with van der Waals surface area (Å²) >= 11 is 11.9. The lowest BCUT2D eigenvalue weighted by atomic mass is 9.76. The number of nitrogens with one attached hydrogen (secondary N) is 2. The van der Waals surface area contributed by atoms with Crippen molar-refractivity contribution in [2.75, 3.05) is 6.54 Å². The number of phenolic OH excluding ortho intramolecular Hbond substituents is 1. The summed E-state index contributed by atoms with van der Waals surface area (Å²) in [5, 5.41) is 16.5. The molecule has 3 atom stereocenters. The molecular formula is C19H23Cl2N3O3.